The van der Waals surface area contributed by atoms with Gasteiger partial charge in [-0.2, -0.15) is 5.10 Å². The maximum Gasteiger partial charge on any atom is 0.287 e. The highest BCUT2D eigenvalue weighted by molar-refractivity contribution is 6.21. The summed E-state index contributed by atoms with van der Waals surface area (Å²) in [7, 11) is 1.77. The van der Waals surface area contributed by atoms with Crippen LogP contribution < -0.4 is 5.32 Å². The Morgan fingerprint density at radius 2 is 1.70 bits per heavy atom. The minimum Gasteiger partial charge on any atom is -0.455 e. The lowest BCUT2D eigenvalue weighted by molar-refractivity contribution is 0.0627. The molecule has 0 saturated heterocycles. The van der Waals surface area contributed by atoms with Crippen molar-refractivity contribution >= 4 is 17.7 Å². The summed E-state index contributed by atoms with van der Waals surface area (Å²) in [5.41, 5.74) is 2.36. The Kier molecular flexibility index (Phi) is 6.16. The fourth-order valence-electron chi connectivity index (χ4n) is 4.48. The average molecular weight is 504 g/mol. The molecule has 1 N–H and O–H groups in total. The number of carbonyl (C=O) groups excluding carboxylic acids is 3. The Hall–Kier alpha value is -4.60. The first-order chi connectivity index (χ1) is 17.7. The first-order valence-corrected chi connectivity index (χ1v) is 11.5. The Morgan fingerprint density at radius 3 is 2.32 bits per heavy atom. The SMILES string of the molecule is Cc1oc(C(=O)N[C@@H](Cc2ccc(F)c(F)c2)CN2C(=O)c3ccccc3C2=O)cc1-c1ccnn1C. The fraction of sp³-hybridized carbons (Fsp3) is 0.185. The van der Waals surface area contributed by atoms with Gasteiger partial charge in [0.1, 0.15) is 5.76 Å². The summed E-state index contributed by atoms with van der Waals surface area (Å²) in [6, 6.07) is 12.4. The Labute approximate surface area is 210 Å². The highest BCUT2D eigenvalue weighted by Gasteiger charge is 2.37. The van der Waals surface area contributed by atoms with Gasteiger partial charge >= 0.3 is 0 Å². The molecule has 188 valence electrons. The van der Waals surface area contributed by atoms with E-state index >= 15 is 0 Å². The molecule has 10 heteroatoms. The molecule has 0 radical (unpaired) electrons. The summed E-state index contributed by atoms with van der Waals surface area (Å²) in [5, 5.41) is 6.93. The fourth-order valence-corrected chi connectivity index (χ4v) is 4.48. The summed E-state index contributed by atoms with van der Waals surface area (Å²) in [4.78, 5) is 40.1. The Morgan fingerprint density at radius 1 is 1.00 bits per heavy atom. The molecular weight excluding hydrogens is 482 g/mol. The van der Waals surface area contributed by atoms with Gasteiger partial charge in [0.2, 0.25) is 0 Å². The van der Waals surface area contributed by atoms with Crippen LogP contribution in [-0.2, 0) is 13.5 Å². The van der Waals surface area contributed by atoms with Crippen LogP contribution in [0.3, 0.4) is 0 Å². The largest absolute Gasteiger partial charge is 0.455 e. The molecule has 2 aromatic heterocycles. The van der Waals surface area contributed by atoms with Crippen LogP contribution in [0.1, 0.15) is 42.6 Å². The van der Waals surface area contributed by atoms with Crippen molar-refractivity contribution in [2.75, 3.05) is 6.54 Å². The molecule has 0 fully saturated rings. The highest BCUT2D eigenvalue weighted by atomic mass is 19.2. The standard InChI is InChI=1S/C27H22F2N4O4/c1-15-20(23-9-10-30-32(23)2)13-24(37-15)25(34)31-17(11-16-7-8-21(28)22(29)12-16)14-33-26(35)18-5-3-4-6-19(18)27(33)36/h3-10,12-13,17H,11,14H2,1-2H3,(H,31,34)/t17-/m0/s1. The molecule has 1 atom stereocenters. The molecule has 1 aliphatic rings. The number of rotatable bonds is 7. The van der Waals surface area contributed by atoms with Crippen molar-refractivity contribution in [2.45, 2.75) is 19.4 Å². The van der Waals surface area contributed by atoms with Gasteiger partial charge in [-0.05, 0) is 55.3 Å². The first kappa shape index (κ1) is 24.1. The zero-order chi connectivity index (χ0) is 26.3. The molecule has 37 heavy (non-hydrogen) atoms. The molecular formula is C27H22F2N4O4. The summed E-state index contributed by atoms with van der Waals surface area (Å²) >= 11 is 0. The van der Waals surface area contributed by atoms with Crippen LogP contribution in [0.5, 0.6) is 0 Å². The molecule has 8 nitrogen and oxygen atoms in total. The molecule has 0 unspecified atom stereocenters. The number of carbonyl (C=O) groups is 3. The minimum atomic E-state index is -1.04. The van der Waals surface area contributed by atoms with E-state index in [2.05, 4.69) is 10.4 Å². The summed E-state index contributed by atoms with van der Waals surface area (Å²) in [6.45, 7) is 1.54. The lowest BCUT2D eigenvalue weighted by Gasteiger charge is -2.23. The Bertz CT molecular complexity index is 1510. The molecule has 3 heterocycles. The predicted molar refractivity (Wildman–Crippen MR) is 129 cm³/mol. The van der Waals surface area contributed by atoms with Gasteiger partial charge in [-0.1, -0.05) is 18.2 Å². The van der Waals surface area contributed by atoms with Crippen molar-refractivity contribution in [3.63, 3.8) is 0 Å². The van der Waals surface area contributed by atoms with E-state index in [1.165, 1.54) is 6.07 Å². The maximum atomic E-state index is 13.9. The molecule has 4 aromatic rings. The van der Waals surface area contributed by atoms with Gasteiger partial charge in [-0.3, -0.25) is 24.0 Å². The average Bonchev–Trinajstić information content (AvgIpc) is 3.54. The van der Waals surface area contributed by atoms with Crippen LogP contribution in [0.25, 0.3) is 11.3 Å². The summed E-state index contributed by atoms with van der Waals surface area (Å²) in [6.07, 6.45) is 1.66. The monoisotopic (exact) mass is 504 g/mol. The van der Waals surface area contributed by atoms with Crippen molar-refractivity contribution in [1.29, 1.82) is 0 Å². The van der Waals surface area contributed by atoms with Crippen LogP contribution in [0.15, 0.2) is 65.2 Å². The van der Waals surface area contributed by atoms with E-state index in [4.69, 9.17) is 4.42 Å². The number of hydrogen-bond donors (Lipinski definition) is 1. The smallest absolute Gasteiger partial charge is 0.287 e. The predicted octanol–water partition coefficient (Wildman–Crippen LogP) is 3.90. The number of hydrogen-bond acceptors (Lipinski definition) is 5. The van der Waals surface area contributed by atoms with Crippen molar-refractivity contribution < 1.29 is 27.6 Å². The number of aromatic nitrogens is 2. The van der Waals surface area contributed by atoms with Gasteiger partial charge in [-0.15, -0.1) is 0 Å². The molecule has 0 saturated carbocycles. The maximum absolute atomic E-state index is 13.9. The van der Waals surface area contributed by atoms with E-state index in [-0.39, 0.29) is 29.9 Å². The second kappa shape index (κ2) is 9.45. The summed E-state index contributed by atoms with van der Waals surface area (Å²) < 4.78 is 34.7. The molecule has 5 rings (SSSR count). The van der Waals surface area contributed by atoms with E-state index in [9.17, 15) is 23.2 Å². The lowest BCUT2D eigenvalue weighted by atomic mass is 10.0. The number of fused-ring (bicyclic) bond motifs is 1. The third-order valence-electron chi connectivity index (χ3n) is 6.32. The van der Waals surface area contributed by atoms with Crippen LogP contribution >= 0.6 is 0 Å². The zero-order valence-corrected chi connectivity index (χ0v) is 20.0. The van der Waals surface area contributed by atoms with Crippen molar-refractivity contribution in [2.24, 2.45) is 7.05 Å². The third-order valence-corrected chi connectivity index (χ3v) is 6.32. The lowest BCUT2D eigenvalue weighted by Crippen LogP contribution is -2.46. The van der Waals surface area contributed by atoms with Gasteiger partial charge < -0.3 is 9.73 Å². The first-order valence-electron chi connectivity index (χ1n) is 11.5. The van der Waals surface area contributed by atoms with Gasteiger partial charge in [0.05, 0.1) is 22.9 Å². The minimum absolute atomic E-state index is 0.0198. The number of imide groups is 1. The van der Waals surface area contributed by atoms with Gasteiger partial charge in [0.25, 0.3) is 17.7 Å². The quantitative estimate of drug-likeness (QED) is 0.385. The number of halogens is 2. The molecule has 1 aliphatic heterocycles. The number of aryl methyl sites for hydroxylation is 2. The van der Waals surface area contributed by atoms with Crippen molar-refractivity contribution in [3.8, 4) is 11.3 Å². The molecule has 3 amide bonds. The van der Waals surface area contributed by atoms with Crippen LogP contribution in [0.4, 0.5) is 8.78 Å². The topological polar surface area (TPSA) is 97.4 Å². The second-order valence-electron chi connectivity index (χ2n) is 8.81. The molecule has 0 bridgehead atoms. The van der Waals surface area contributed by atoms with E-state index < -0.39 is 35.4 Å². The van der Waals surface area contributed by atoms with Gasteiger partial charge in [0.15, 0.2) is 17.4 Å². The highest BCUT2D eigenvalue weighted by Crippen LogP contribution is 2.27. The number of benzene rings is 2. The van der Waals surface area contributed by atoms with E-state index in [0.717, 1.165) is 22.7 Å². The zero-order valence-electron chi connectivity index (χ0n) is 20.0. The number of amides is 3. The van der Waals surface area contributed by atoms with Crippen LogP contribution in [0.2, 0.25) is 0 Å². The third kappa shape index (κ3) is 4.53. The van der Waals surface area contributed by atoms with E-state index in [0.29, 0.717) is 16.9 Å². The van der Waals surface area contributed by atoms with Gasteiger partial charge in [0, 0.05) is 25.4 Å². The number of nitrogens with zero attached hydrogens (tertiary/aromatic N) is 3. The van der Waals surface area contributed by atoms with Crippen molar-refractivity contribution in [3.05, 3.63) is 101 Å². The van der Waals surface area contributed by atoms with Crippen molar-refractivity contribution in [1.82, 2.24) is 20.0 Å². The van der Waals surface area contributed by atoms with E-state index in [1.54, 1.807) is 61.2 Å². The van der Waals surface area contributed by atoms with Crippen LogP contribution in [-0.4, -0.2) is 45.0 Å². The summed E-state index contributed by atoms with van der Waals surface area (Å²) in [5.74, 6) is -3.07. The number of nitrogens with one attached hydrogen (secondary N) is 1. The van der Waals surface area contributed by atoms with Gasteiger partial charge in [-0.25, -0.2) is 8.78 Å². The second-order valence-corrected chi connectivity index (χ2v) is 8.81. The normalized spacial score (nSPS) is 13.7. The molecule has 2 aromatic carbocycles. The molecule has 0 spiro atoms. The van der Waals surface area contributed by atoms with Crippen LogP contribution in [0, 0.1) is 18.6 Å². The van der Waals surface area contributed by atoms with E-state index in [1.807, 2.05) is 0 Å². The number of furan rings is 1. The Balaban J connectivity index is 1.41. The molecule has 0 aliphatic carbocycles.